The number of halogens is 3. The zero-order valence-electron chi connectivity index (χ0n) is 13.7. The maximum absolute atomic E-state index is 12.9. The lowest BCUT2D eigenvalue weighted by Crippen LogP contribution is -2.38. The largest absolute Gasteiger partial charge is 0.416 e. The SMILES string of the molecule is O=C(c1cccc(C(F)(F)F)c1)C1CCCN(Cc2cccnc2)C1. The maximum atomic E-state index is 12.9. The number of pyridine rings is 1. The van der Waals surface area contributed by atoms with Crippen LogP contribution in [0.25, 0.3) is 0 Å². The van der Waals surface area contributed by atoms with Gasteiger partial charge < -0.3 is 0 Å². The van der Waals surface area contributed by atoms with Gasteiger partial charge in [-0.2, -0.15) is 13.2 Å². The van der Waals surface area contributed by atoms with Crippen LogP contribution in [0.4, 0.5) is 13.2 Å². The lowest BCUT2D eigenvalue weighted by atomic mass is 9.89. The number of piperidine rings is 1. The molecule has 1 aromatic heterocycles. The summed E-state index contributed by atoms with van der Waals surface area (Å²) >= 11 is 0. The molecule has 3 nitrogen and oxygen atoms in total. The highest BCUT2D eigenvalue weighted by Crippen LogP contribution is 2.30. The van der Waals surface area contributed by atoms with Crippen LogP contribution in [-0.2, 0) is 12.7 Å². The molecule has 25 heavy (non-hydrogen) atoms. The molecule has 1 aromatic carbocycles. The van der Waals surface area contributed by atoms with Crippen LogP contribution in [-0.4, -0.2) is 28.8 Å². The third-order valence-electron chi connectivity index (χ3n) is 4.48. The number of aromatic nitrogens is 1. The van der Waals surface area contributed by atoms with Gasteiger partial charge in [0.1, 0.15) is 0 Å². The summed E-state index contributed by atoms with van der Waals surface area (Å²) in [6.45, 7) is 2.13. The van der Waals surface area contributed by atoms with Gasteiger partial charge in [0.05, 0.1) is 5.56 Å². The van der Waals surface area contributed by atoms with Gasteiger partial charge in [-0.05, 0) is 43.1 Å². The molecule has 2 aromatic rings. The van der Waals surface area contributed by atoms with Crippen molar-refractivity contribution in [1.29, 1.82) is 0 Å². The quantitative estimate of drug-likeness (QED) is 0.777. The topological polar surface area (TPSA) is 33.2 Å². The van der Waals surface area contributed by atoms with Gasteiger partial charge in [0.2, 0.25) is 0 Å². The molecule has 0 aliphatic carbocycles. The van der Waals surface area contributed by atoms with E-state index in [-0.39, 0.29) is 17.3 Å². The normalized spacial score (nSPS) is 18.9. The van der Waals surface area contributed by atoms with Crippen LogP contribution in [0.15, 0.2) is 48.8 Å². The number of nitrogens with zero attached hydrogens (tertiary/aromatic N) is 2. The molecule has 0 spiro atoms. The fourth-order valence-electron chi connectivity index (χ4n) is 3.25. The first-order chi connectivity index (χ1) is 11.9. The molecule has 0 bridgehead atoms. The standard InChI is InChI=1S/C19H19F3N2O/c20-19(21,22)17-7-1-5-15(10-17)18(25)16-6-3-9-24(13-16)12-14-4-2-8-23-11-14/h1-2,4-5,7-8,10-11,16H,3,6,9,12-13H2. The Balaban J connectivity index is 1.70. The first-order valence-electron chi connectivity index (χ1n) is 8.26. The number of carbonyl (C=O) groups is 1. The zero-order chi connectivity index (χ0) is 17.9. The van der Waals surface area contributed by atoms with E-state index in [0.29, 0.717) is 19.5 Å². The fraction of sp³-hybridized carbons (Fsp3) is 0.368. The van der Waals surface area contributed by atoms with Gasteiger partial charge in [-0.25, -0.2) is 0 Å². The van der Waals surface area contributed by atoms with E-state index in [0.717, 1.165) is 30.7 Å². The van der Waals surface area contributed by atoms with E-state index >= 15 is 0 Å². The third-order valence-corrected chi connectivity index (χ3v) is 4.48. The van der Waals surface area contributed by atoms with E-state index in [1.165, 1.54) is 12.1 Å². The van der Waals surface area contributed by atoms with Crippen molar-refractivity contribution in [1.82, 2.24) is 9.88 Å². The Morgan fingerprint density at radius 2 is 2.08 bits per heavy atom. The van der Waals surface area contributed by atoms with E-state index in [9.17, 15) is 18.0 Å². The van der Waals surface area contributed by atoms with Crippen molar-refractivity contribution in [3.8, 4) is 0 Å². The van der Waals surface area contributed by atoms with E-state index in [1.54, 1.807) is 12.4 Å². The van der Waals surface area contributed by atoms with Crippen LogP contribution < -0.4 is 0 Å². The number of rotatable bonds is 4. The van der Waals surface area contributed by atoms with Gasteiger partial charge in [0, 0.05) is 37.0 Å². The minimum atomic E-state index is -4.44. The number of carbonyl (C=O) groups excluding carboxylic acids is 1. The molecule has 2 heterocycles. The Labute approximate surface area is 144 Å². The van der Waals surface area contributed by atoms with Crippen molar-refractivity contribution in [2.75, 3.05) is 13.1 Å². The van der Waals surface area contributed by atoms with Crippen molar-refractivity contribution in [2.24, 2.45) is 5.92 Å². The molecule has 0 radical (unpaired) electrons. The summed E-state index contributed by atoms with van der Waals surface area (Å²) in [4.78, 5) is 18.9. The molecule has 3 rings (SSSR count). The molecular formula is C19H19F3N2O. The van der Waals surface area contributed by atoms with E-state index in [2.05, 4.69) is 9.88 Å². The summed E-state index contributed by atoms with van der Waals surface area (Å²) in [5, 5.41) is 0. The Bertz CT molecular complexity index is 731. The minimum Gasteiger partial charge on any atom is -0.298 e. The summed E-state index contributed by atoms with van der Waals surface area (Å²) in [6, 6.07) is 8.56. The fourth-order valence-corrected chi connectivity index (χ4v) is 3.25. The van der Waals surface area contributed by atoms with Crippen LogP contribution in [0.2, 0.25) is 0 Å². The highest BCUT2D eigenvalue weighted by atomic mass is 19.4. The van der Waals surface area contributed by atoms with Crippen molar-refractivity contribution in [2.45, 2.75) is 25.6 Å². The summed E-state index contributed by atoms with van der Waals surface area (Å²) < 4.78 is 38.6. The van der Waals surface area contributed by atoms with Gasteiger partial charge in [-0.1, -0.05) is 18.2 Å². The minimum absolute atomic E-state index is 0.142. The molecule has 1 aliphatic rings. The van der Waals surface area contributed by atoms with Crippen LogP contribution in [0.5, 0.6) is 0 Å². The van der Waals surface area contributed by atoms with Gasteiger partial charge >= 0.3 is 6.18 Å². The Morgan fingerprint density at radius 3 is 2.80 bits per heavy atom. The predicted octanol–water partition coefficient (Wildman–Crippen LogP) is 4.20. The van der Waals surface area contributed by atoms with Crippen molar-refractivity contribution >= 4 is 5.78 Å². The number of benzene rings is 1. The second-order valence-corrected chi connectivity index (χ2v) is 6.38. The number of hydrogen-bond donors (Lipinski definition) is 0. The van der Waals surface area contributed by atoms with Gasteiger partial charge in [0.15, 0.2) is 5.78 Å². The van der Waals surface area contributed by atoms with E-state index < -0.39 is 11.7 Å². The number of ketones is 1. The third kappa shape index (κ3) is 4.45. The molecule has 1 saturated heterocycles. The van der Waals surface area contributed by atoms with Crippen LogP contribution in [0.3, 0.4) is 0 Å². The van der Waals surface area contributed by atoms with Crippen molar-refractivity contribution in [3.05, 3.63) is 65.5 Å². The first kappa shape index (κ1) is 17.6. The van der Waals surface area contributed by atoms with Crippen LogP contribution in [0, 0.1) is 5.92 Å². The number of likely N-dealkylation sites (tertiary alicyclic amines) is 1. The lowest BCUT2D eigenvalue weighted by molar-refractivity contribution is -0.137. The van der Waals surface area contributed by atoms with E-state index in [4.69, 9.17) is 0 Å². The summed E-state index contributed by atoms with van der Waals surface area (Å²) in [5.41, 5.74) is 0.430. The average Bonchev–Trinajstić information content (AvgIpc) is 2.61. The zero-order valence-corrected chi connectivity index (χ0v) is 13.7. The Kier molecular flexibility index (Phi) is 5.18. The molecule has 6 heteroatoms. The molecule has 132 valence electrons. The highest BCUT2D eigenvalue weighted by Gasteiger charge is 2.32. The highest BCUT2D eigenvalue weighted by molar-refractivity contribution is 5.98. The van der Waals surface area contributed by atoms with Gasteiger partial charge in [0.25, 0.3) is 0 Å². The van der Waals surface area contributed by atoms with Crippen LogP contribution in [0.1, 0.15) is 34.3 Å². The number of hydrogen-bond acceptors (Lipinski definition) is 3. The van der Waals surface area contributed by atoms with Gasteiger partial charge in [-0.3, -0.25) is 14.7 Å². The monoisotopic (exact) mass is 348 g/mol. The Morgan fingerprint density at radius 1 is 1.24 bits per heavy atom. The van der Waals surface area contributed by atoms with Gasteiger partial charge in [-0.15, -0.1) is 0 Å². The Hall–Kier alpha value is -2.21. The number of alkyl halides is 3. The van der Waals surface area contributed by atoms with Crippen molar-refractivity contribution < 1.29 is 18.0 Å². The summed E-state index contributed by atoms with van der Waals surface area (Å²) in [5.74, 6) is -0.476. The lowest BCUT2D eigenvalue weighted by Gasteiger charge is -2.32. The second kappa shape index (κ2) is 7.35. The molecule has 1 aliphatic heterocycles. The van der Waals surface area contributed by atoms with Crippen LogP contribution >= 0.6 is 0 Å². The molecule has 0 amide bonds. The van der Waals surface area contributed by atoms with E-state index in [1.807, 2.05) is 12.1 Å². The molecule has 1 fully saturated rings. The maximum Gasteiger partial charge on any atom is 0.416 e. The average molecular weight is 348 g/mol. The second-order valence-electron chi connectivity index (χ2n) is 6.38. The first-order valence-corrected chi connectivity index (χ1v) is 8.26. The molecule has 1 atom stereocenters. The molecule has 1 unspecified atom stereocenters. The number of Topliss-reactive ketones (excluding diaryl/α,β-unsaturated/α-hetero) is 1. The molecule has 0 N–H and O–H groups in total. The molecular weight excluding hydrogens is 329 g/mol. The predicted molar refractivity (Wildman–Crippen MR) is 88.0 cm³/mol. The summed E-state index contributed by atoms with van der Waals surface area (Å²) in [7, 11) is 0. The molecule has 0 saturated carbocycles. The van der Waals surface area contributed by atoms with Crippen molar-refractivity contribution in [3.63, 3.8) is 0 Å². The summed E-state index contributed by atoms with van der Waals surface area (Å²) in [6.07, 6.45) is 0.626. The smallest absolute Gasteiger partial charge is 0.298 e.